The number of nitrogens with one attached hydrogen (secondary N) is 1. The molecule has 0 aliphatic carbocycles. The lowest BCUT2D eigenvalue weighted by Crippen LogP contribution is -2.37. The molecule has 0 spiro atoms. The summed E-state index contributed by atoms with van der Waals surface area (Å²) in [4.78, 5) is 18.0. The molecule has 1 aliphatic rings. The fourth-order valence-corrected chi connectivity index (χ4v) is 2.64. The molecule has 1 aliphatic heterocycles. The van der Waals surface area contributed by atoms with E-state index in [-0.39, 0.29) is 0 Å². The average Bonchev–Trinajstić information content (AvgIpc) is 2.97. The molecule has 116 valence electrons. The first-order chi connectivity index (χ1) is 10.1. The van der Waals surface area contributed by atoms with E-state index in [2.05, 4.69) is 15.2 Å². The van der Waals surface area contributed by atoms with Crippen molar-refractivity contribution in [3.63, 3.8) is 0 Å². The Hall–Kier alpha value is -1.62. The topological polar surface area (TPSA) is 65.5 Å². The minimum Gasteiger partial charge on any atom is -0.480 e. The Morgan fingerprint density at radius 2 is 2.10 bits per heavy atom. The van der Waals surface area contributed by atoms with Gasteiger partial charge in [0.1, 0.15) is 11.9 Å². The number of aliphatic carboxylic acids is 1. The van der Waals surface area contributed by atoms with Gasteiger partial charge in [0.25, 0.3) is 0 Å². The summed E-state index contributed by atoms with van der Waals surface area (Å²) in [5, 5.41) is 12.3. The molecule has 5 nitrogen and oxygen atoms in total. The largest absolute Gasteiger partial charge is 0.480 e. The third-order valence-corrected chi connectivity index (χ3v) is 3.80. The third kappa shape index (κ3) is 4.70. The number of hydrogen-bond acceptors (Lipinski definition) is 4. The number of hydrogen-bond donors (Lipinski definition) is 2. The molecule has 0 unspecified atom stereocenters. The number of anilines is 1. The average molecular weight is 291 g/mol. The van der Waals surface area contributed by atoms with Gasteiger partial charge in [-0.25, -0.2) is 4.98 Å². The minimum atomic E-state index is -0.787. The molecule has 0 radical (unpaired) electrons. The van der Waals surface area contributed by atoms with Crippen LogP contribution in [0.25, 0.3) is 0 Å². The van der Waals surface area contributed by atoms with Gasteiger partial charge in [-0.05, 0) is 36.8 Å². The summed E-state index contributed by atoms with van der Waals surface area (Å²) in [5.74, 6) is 0.591. The summed E-state index contributed by atoms with van der Waals surface area (Å²) < 4.78 is 0. The van der Waals surface area contributed by atoms with Gasteiger partial charge in [0, 0.05) is 25.8 Å². The highest BCUT2D eigenvalue weighted by atomic mass is 16.4. The van der Waals surface area contributed by atoms with Crippen molar-refractivity contribution in [1.82, 2.24) is 10.3 Å². The van der Waals surface area contributed by atoms with Crippen molar-refractivity contribution in [2.75, 3.05) is 18.0 Å². The summed E-state index contributed by atoms with van der Waals surface area (Å²) in [5.41, 5.74) is 1.02. The maximum Gasteiger partial charge on any atom is 0.320 e. The zero-order chi connectivity index (χ0) is 15.2. The van der Waals surface area contributed by atoms with E-state index in [0.717, 1.165) is 24.5 Å². The molecule has 0 aromatic carbocycles. The van der Waals surface area contributed by atoms with Crippen molar-refractivity contribution in [3.8, 4) is 0 Å². The molecule has 0 saturated carbocycles. The lowest BCUT2D eigenvalue weighted by Gasteiger charge is -2.18. The van der Waals surface area contributed by atoms with Gasteiger partial charge in [0.05, 0.1) is 0 Å². The Labute approximate surface area is 126 Å². The van der Waals surface area contributed by atoms with Crippen LogP contribution in [-0.2, 0) is 11.3 Å². The minimum absolute atomic E-state index is 0.356. The number of rotatable bonds is 7. The van der Waals surface area contributed by atoms with Crippen molar-refractivity contribution >= 4 is 11.8 Å². The van der Waals surface area contributed by atoms with Crippen molar-refractivity contribution < 1.29 is 9.90 Å². The lowest BCUT2D eigenvalue weighted by atomic mass is 10.0. The Bertz CT molecular complexity index is 453. The number of nitrogens with zero attached hydrogens (tertiary/aromatic N) is 2. The second-order valence-corrected chi connectivity index (χ2v) is 6.12. The van der Waals surface area contributed by atoms with Crippen LogP contribution in [0.5, 0.6) is 0 Å². The number of pyridine rings is 1. The molecule has 2 heterocycles. The van der Waals surface area contributed by atoms with E-state index in [1.807, 2.05) is 32.2 Å². The van der Waals surface area contributed by atoms with E-state index < -0.39 is 12.0 Å². The van der Waals surface area contributed by atoms with Crippen LogP contribution in [0, 0.1) is 5.92 Å². The van der Waals surface area contributed by atoms with E-state index in [0.29, 0.717) is 18.9 Å². The third-order valence-electron chi connectivity index (χ3n) is 3.80. The fraction of sp³-hybridized carbons (Fsp3) is 0.625. The van der Waals surface area contributed by atoms with Gasteiger partial charge >= 0.3 is 5.97 Å². The first-order valence-electron chi connectivity index (χ1n) is 7.72. The Balaban J connectivity index is 1.88. The quantitative estimate of drug-likeness (QED) is 0.807. The maximum atomic E-state index is 11.2. The van der Waals surface area contributed by atoms with E-state index in [9.17, 15) is 9.90 Å². The number of carbonyl (C=O) groups is 1. The molecular weight excluding hydrogens is 266 g/mol. The zero-order valence-electron chi connectivity index (χ0n) is 12.9. The molecule has 1 aromatic heterocycles. The lowest BCUT2D eigenvalue weighted by molar-refractivity contribution is -0.140. The van der Waals surface area contributed by atoms with Gasteiger partial charge in [-0.1, -0.05) is 19.9 Å². The van der Waals surface area contributed by atoms with Gasteiger partial charge in [-0.15, -0.1) is 0 Å². The predicted octanol–water partition coefficient (Wildman–Crippen LogP) is 2.27. The number of carboxylic acids is 1. The van der Waals surface area contributed by atoms with Crippen LogP contribution in [-0.4, -0.2) is 35.2 Å². The van der Waals surface area contributed by atoms with Crippen LogP contribution in [0.3, 0.4) is 0 Å². The molecule has 1 aromatic rings. The van der Waals surface area contributed by atoms with Crippen LogP contribution in [0.15, 0.2) is 18.3 Å². The van der Waals surface area contributed by atoms with Gasteiger partial charge in [-0.2, -0.15) is 0 Å². The van der Waals surface area contributed by atoms with Crippen LogP contribution < -0.4 is 10.2 Å². The second kappa shape index (κ2) is 7.41. The SMILES string of the molecule is CC(C)C[C@H](NCc1ccc(N2CCCC2)nc1)C(=O)O. The predicted molar refractivity (Wildman–Crippen MR) is 83.4 cm³/mol. The normalized spacial score (nSPS) is 16.4. The summed E-state index contributed by atoms with van der Waals surface area (Å²) in [6.07, 6.45) is 4.95. The van der Waals surface area contributed by atoms with Gasteiger partial charge in [0.15, 0.2) is 0 Å². The molecule has 21 heavy (non-hydrogen) atoms. The standard InChI is InChI=1S/C16H25N3O2/c1-12(2)9-14(16(20)21)17-10-13-5-6-15(18-11-13)19-7-3-4-8-19/h5-6,11-12,14,17H,3-4,7-10H2,1-2H3,(H,20,21)/t14-/m0/s1. The molecule has 2 N–H and O–H groups in total. The van der Waals surface area contributed by atoms with Crippen LogP contribution in [0.1, 0.15) is 38.7 Å². The first kappa shape index (κ1) is 15.8. The molecule has 1 atom stereocenters. The fourth-order valence-electron chi connectivity index (χ4n) is 2.64. The van der Waals surface area contributed by atoms with Crippen LogP contribution >= 0.6 is 0 Å². The summed E-state index contributed by atoms with van der Waals surface area (Å²) in [6.45, 7) is 6.77. The monoisotopic (exact) mass is 291 g/mol. The Morgan fingerprint density at radius 1 is 1.38 bits per heavy atom. The molecular formula is C16H25N3O2. The summed E-state index contributed by atoms with van der Waals surface area (Å²) in [6, 6.07) is 3.56. The van der Waals surface area contributed by atoms with Gasteiger partial charge in [0.2, 0.25) is 0 Å². The van der Waals surface area contributed by atoms with E-state index >= 15 is 0 Å². The molecule has 5 heteroatoms. The van der Waals surface area contributed by atoms with Crippen LogP contribution in [0.4, 0.5) is 5.82 Å². The highest BCUT2D eigenvalue weighted by Gasteiger charge is 2.18. The van der Waals surface area contributed by atoms with E-state index in [4.69, 9.17) is 0 Å². The molecule has 1 fully saturated rings. The highest BCUT2D eigenvalue weighted by Crippen LogP contribution is 2.17. The maximum absolute atomic E-state index is 11.2. The second-order valence-electron chi connectivity index (χ2n) is 6.12. The van der Waals surface area contributed by atoms with Crippen LogP contribution in [0.2, 0.25) is 0 Å². The van der Waals surface area contributed by atoms with Crippen molar-refractivity contribution in [1.29, 1.82) is 0 Å². The Kier molecular flexibility index (Phi) is 5.56. The highest BCUT2D eigenvalue weighted by molar-refractivity contribution is 5.73. The summed E-state index contributed by atoms with van der Waals surface area (Å²) in [7, 11) is 0. The van der Waals surface area contributed by atoms with Gasteiger partial charge < -0.3 is 15.3 Å². The van der Waals surface area contributed by atoms with Gasteiger partial charge in [-0.3, -0.25) is 4.79 Å². The van der Waals surface area contributed by atoms with Crippen molar-refractivity contribution in [2.45, 2.75) is 45.7 Å². The number of aromatic nitrogens is 1. The number of carboxylic acid groups (broad SMARTS) is 1. The van der Waals surface area contributed by atoms with E-state index in [1.165, 1.54) is 12.8 Å². The van der Waals surface area contributed by atoms with Crippen molar-refractivity contribution in [2.24, 2.45) is 5.92 Å². The zero-order valence-corrected chi connectivity index (χ0v) is 12.9. The molecule has 0 amide bonds. The summed E-state index contributed by atoms with van der Waals surface area (Å²) >= 11 is 0. The Morgan fingerprint density at radius 3 is 2.62 bits per heavy atom. The smallest absolute Gasteiger partial charge is 0.320 e. The molecule has 2 rings (SSSR count). The van der Waals surface area contributed by atoms with E-state index in [1.54, 1.807) is 0 Å². The molecule has 0 bridgehead atoms. The first-order valence-corrected chi connectivity index (χ1v) is 7.72. The van der Waals surface area contributed by atoms with Crippen molar-refractivity contribution in [3.05, 3.63) is 23.9 Å². The molecule has 1 saturated heterocycles.